The highest BCUT2D eigenvalue weighted by molar-refractivity contribution is 5.85. The molecule has 1 aromatic rings. The SMILES string of the molecule is CC(C(=O)N[C@H]1CCCNC1)N1CCc2ccccc2C1.Cl.Cl. The monoisotopic (exact) mass is 359 g/mol. The first-order valence-corrected chi connectivity index (χ1v) is 8.06. The van der Waals surface area contributed by atoms with Crippen LogP contribution in [0.5, 0.6) is 0 Å². The molecule has 2 atom stereocenters. The summed E-state index contributed by atoms with van der Waals surface area (Å²) in [5, 5.41) is 6.54. The van der Waals surface area contributed by atoms with E-state index in [4.69, 9.17) is 0 Å². The predicted molar refractivity (Wildman–Crippen MR) is 98.5 cm³/mol. The smallest absolute Gasteiger partial charge is 0.237 e. The number of hydrogen-bond donors (Lipinski definition) is 2. The van der Waals surface area contributed by atoms with Gasteiger partial charge in [-0.2, -0.15) is 0 Å². The summed E-state index contributed by atoms with van der Waals surface area (Å²) >= 11 is 0. The Morgan fingerprint density at radius 2 is 2.04 bits per heavy atom. The topological polar surface area (TPSA) is 44.4 Å². The van der Waals surface area contributed by atoms with Gasteiger partial charge in [0.2, 0.25) is 5.91 Å². The second-order valence-electron chi connectivity index (χ2n) is 6.22. The zero-order chi connectivity index (χ0) is 14.7. The Balaban J connectivity index is 0.00000132. The molecule has 6 heteroatoms. The van der Waals surface area contributed by atoms with E-state index in [1.807, 2.05) is 6.92 Å². The summed E-state index contributed by atoms with van der Waals surface area (Å²) in [5.41, 5.74) is 2.79. The van der Waals surface area contributed by atoms with Crippen LogP contribution in [-0.4, -0.2) is 42.5 Å². The summed E-state index contributed by atoms with van der Waals surface area (Å²) in [6, 6.07) is 8.80. The van der Waals surface area contributed by atoms with E-state index in [0.29, 0.717) is 6.04 Å². The maximum Gasteiger partial charge on any atom is 0.237 e. The Morgan fingerprint density at radius 1 is 1.30 bits per heavy atom. The number of nitrogens with one attached hydrogen (secondary N) is 2. The number of piperidine rings is 1. The number of rotatable bonds is 3. The standard InChI is InChI=1S/C17H25N3O.2ClH/c1-13(17(21)19-16-7-4-9-18-11-16)20-10-8-14-5-2-3-6-15(14)12-20;;/h2-3,5-6,13,16,18H,4,7-12H2,1H3,(H,19,21);2*1H/t13?,16-;;/m0../s1. The van der Waals surface area contributed by atoms with Crippen LogP contribution >= 0.6 is 24.8 Å². The third-order valence-corrected chi connectivity index (χ3v) is 4.73. The average Bonchev–Trinajstić information content (AvgIpc) is 2.54. The van der Waals surface area contributed by atoms with Gasteiger partial charge >= 0.3 is 0 Å². The number of carbonyl (C=O) groups is 1. The van der Waals surface area contributed by atoms with Crippen LogP contribution in [0.3, 0.4) is 0 Å². The zero-order valence-electron chi connectivity index (χ0n) is 13.6. The fourth-order valence-corrected chi connectivity index (χ4v) is 3.31. The minimum absolute atomic E-state index is 0. The molecule has 2 N–H and O–H groups in total. The fraction of sp³-hybridized carbons (Fsp3) is 0.588. The van der Waals surface area contributed by atoms with Crippen LogP contribution in [0.15, 0.2) is 24.3 Å². The number of carbonyl (C=O) groups excluding carboxylic acids is 1. The normalized spacial score (nSPS) is 22.0. The molecule has 0 aromatic heterocycles. The highest BCUT2D eigenvalue weighted by atomic mass is 35.5. The summed E-state index contributed by atoms with van der Waals surface area (Å²) in [7, 11) is 0. The van der Waals surface area contributed by atoms with Gasteiger partial charge in [0.15, 0.2) is 0 Å². The first-order valence-electron chi connectivity index (χ1n) is 8.06. The Bertz CT molecular complexity index is 506. The number of hydrogen-bond acceptors (Lipinski definition) is 3. The van der Waals surface area contributed by atoms with Crippen LogP contribution in [0.25, 0.3) is 0 Å². The number of benzene rings is 1. The molecule has 0 spiro atoms. The summed E-state index contributed by atoms with van der Waals surface area (Å²) < 4.78 is 0. The molecule has 0 saturated carbocycles. The average molecular weight is 360 g/mol. The third kappa shape index (κ3) is 5.08. The minimum Gasteiger partial charge on any atom is -0.351 e. The summed E-state index contributed by atoms with van der Waals surface area (Å²) in [4.78, 5) is 14.7. The van der Waals surface area contributed by atoms with Gasteiger partial charge in [-0.05, 0) is 43.9 Å². The van der Waals surface area contributed by atoms with E-state index in [-0.39, 0.29) is 36.8 Å². The van der Waals surface area contributed by atoms with Crippen molar-refractivity contribution in [2.24, 2.45) is 0 Å². The van der Waals surface area contributed by atoms with Crippen LogP contribution in [0.4, 0.5) is 0 Å². The van der Waals surface area contributed by atoms with Crippen LogP contribution in [0.2, 0.25) is 0 Å². The maximum absolute atomic E-state index is 12.4. The largest absolute Gasteiger partial charge is 0.351 e. The molecule has 0 aliphatic carbocycles. The van der Waals surface area contributed by atoms with Gasteiger partial charge in [0, 0.05) is 25.7 Å². The minimum atomic E-state index is -0.0553. The molecule has 23 heavy (non-hydrogen) atoms. The lowest BCUT2D eigenvalue weighted by atomic mass is 9.98. The number of halogens is 2. The van der Waals surface area contributed by atoms with Gasteiger partial charge in [-0.3, -0.25) is 9.69 Å². The van der Waals surface area contributed by atoms with Gasteiger partial charge in [-0.25, -0.2) is 0 Å². The maximum atomic E-state index is 12.4. The van der Waals surface area contributed by atoms with E-state index in [2.05, 4.69) is 39.8 Å². The molecule has 1 amide bonds. The van der Waals surface area contributed by atoms with Crippen molar-refractivity contribution in [2.45, 2.75) is 44.8 Å². The summed E-state index contributed by atoms with van der Waals surface area (Å²) in [5.74, 6) is 0.170. The van der Waals surface area contributed by atoms with E-state index in [0.717, 1.165) is 45.4 Å². The third-order valence-electron chi connectivity index (χ3n) is 4.73. The van der Waals surface area contributed by atoms with E-state index < -0.39 is 0 Å². The van der Waals surface area contributed by atoms with Gasteiger partial charge in [0.25, 0.3) is 0 Å². The van der Waals surface area contributed by atoms with Crippen molar-refractivity contribution < 1.29 is 4.79 Å². The van der Waals surface area contributed by atoms with Crippen molar-refractivity contribution >= 4 is 30.7 Å². The van der Waals surface area contributed by atoms with Crippen molar-refractivity contribution in [1.82, 2.24) is 15.5 Å². The lowest BCUT2D eigenvalue weighted by Gasteiger charge is -2.34. The zero-order valence-corrected chi connectivity index (χ0v) is 15.2. The molecule has 2 aliphatic rings. The Hall–Kier alpha value is -0.810. The van der Waals surface area contributed by atoms with Gasteiger partial charge < -0.3 is 10.6 Å². The molecule has 1 saturated heterocycles. The van der Waals surface area contributed by atoms with Crippen molar-refractivity contribution in [3.8, 4) is 0 Å². The van der Waals surface area contributed by atoms with Crippen LogP contribution in [0.1, 0.15) is 30.9 Å². The first kappa shape index (κ1) is 20.2. The van der Waals surface area contributed by atoms with Gasteiger partial charge in [0.05, 0.1) is 6.04 Å². The van der Waals surface area contributed by atoms with Crippen molar-refractivity contribution in [2.75, 3.05) is 19.6 Å². The quantitative estimate of drug-likeness (QED) is 0.868. The molecule has 2 heterocycles. The molecule has 1 aromatic carbocycles. The molecule has 0 bridgehead atoms. The van der Waals surface area contributed by atoms with Crippen molar-refractivity contribution in [1.29, 1.82) is 0 Å². The molecule has 1 fully saturated rings. The van der Waals surface area contributed by atoms with E-state index >= 15 is 0 Å². The van der Waals surface area contributed by atoms with E-state index in [9.17, 15) is 4.79 Å². The molecule has 130 valence electrons. The number of amides is 1. The van der Waals surface area contributed by atoms with Crippen molar-refractivity contribution in [3.63, 3.8) is 0 Å². The van der Waals surface area contributed by atoms with Crippen LogP contribution in [-0.2, 0) is 17.8 Å². The predicted octanol–water partition coefficient (Wildman–Crippen LogP) is 2.15. The lowest BCUT2D eigenvalue weighted by molar-refractivity contribution is -0.127. The molecular formula is C17H27Cl2N3O. The molecule has 3 rings (SSSR count). The fourth-order valence-electron chi connectivity index (χ4n) is 3.31. The molecule has 1 unspecified atom stereocenters. The Morgan fingerprint density at radius 3 is 2.74 bits per heavy atom. The second-order valence-corrected chi connectivity index (χ2v) is 6.22. The van der Waals surface area contributed by atoms with Gasteiger partial charge in [-0.1, -0.05) is 24.3 Å². The molecular weight excluding hydrogens is 333 g/mol. The highest BCUT2D eigenvalue weighted by Crippen LogP contribution is 2.20. The van der Waals surface area contributed by atoms with E-state index in [1.165, 1.54) is 11.1 Å². The van der Waals surface area contributed by atoms with Gasteiger partial charge in [-0.15, -0.1) is 24.8 Å². The summed E-state index contributed by atoms with van der Waals surface area (Å²) in [6.45, 7) is 5.86. The Labute approximate surface area is 151 Å². The van der Waals surface area contributed by atoms with Crippen LogP contribution < -0.4 is 10.6 Å². The van der Waals surface area contributed by atoms with Gasteiger partial charge in [0.1, 0.15) is 0 Å². The van der Waals surface area contributed by atoms with E-state index in [1.54, 1.807) is 0 Å². The highest BCUT2D eigenvalue weighted by Gasteiger charge is 2.26. The molecule has 4 nitrogen and oxygen atoms in total. The van der Waals surface area contributed by atoms with Crippen molar-refractivity contribution in [3.05, 3.63) is 35.4 Å². The first-order chi connectivity index (χ1) is 10.2. The number of nitrogens with zero attached hydrogens (tertiary/aromatic N) is 1. The van der Waals surface area contributed by atoms with Crippen LogP contribution in [0, 0.1) is 0 Å². The summed E-state index contributed by atoms with van der Waals surface area (Å²) in [6.07, 6.45) is 3.28. The molecule has 2 aliphatic heterocycles. The Kier molecular flexibility index (Phi) is 8.34. The second kappa shape index (κ2) is 9.48. The lowest BCUT2D eigenvalue weighted by Crippen LogP contribution is -2.52. The molecule has 0 radical (unpaired) electrons. The number of fused-ring (bicyclic) bond motifs is 1.